The average Bonchev–Trinajstić information content (AvgIpc) is 3.04. The lowest BCUT2D eigenvalue weighted by Crippen LogP contribution is -2.40. The van der Waals surface area contributed by atoms with Gasteiger partial charge in [0.15, 0.2) is 9.84 Å². The maximum Gasteiger partial charge on any atom is 0.410 e. The summed E-state index contributed by atoms with van der Waals surface area (Å²) in [5.74, 6) is 0.474. The summed E-state index contributed by atoms with van der Waals surface area (Å²) in [6.45, 7) is 3.79. The van der Waals surface area contributed by atoms with Gasteiger partial charge in [-0.3, -0.25) is 0 Å². The molecule has 1 aliphatic heterocycles. The normalized spacial score (nSPS) is 21.5. The summed E-state index contributed by atoms with van der Waals surface area (Å²) >= 11 is 6.23. The van der Waals surface area contributed by atoms with Crippen molar-refractivity contribution in [1.82, 2.24) is 4.90 Å². The zero-order chi connectivity index (χ0) is 20.4. The Morgan fingerprint density at radius 2 is 2.11 bits per heavy atom. The minimum atomic E-state index is -4.05. The van der Waals surface area contributed by atoms with Gasteiger partial charge in [-0.25, -0.2) is 26.8 Å². The highest BCUT2D eigenvalue weighted by Gasteiger charge is 2.42. The molecule has 0 bridgehead atoms. The largest absolute Gasteiger partial charge is 0.449 e. The van der Waals surface area contributed by atoms with Crippen LogP contribution in [0.4, 0.5) is 4.79 Å². The molecule has 12 heteroatoms. The highest BCUT2D eigenvalue weighted by molar-refractivity contribution is 7.95. The fraction of sp³-hybridized carbons (Fsp3) is 0.667. The fourth-order valence-corrected chi connectivity index (χ4v) is 7.51. The second kappa shape index (κ2) is 8.64. The van der Waals surface area contributed by atoms with Crippen LogP contribution in [0, 0.1) is 0 Å². The summed E-state index contributed by atoms with van der Waals surface area (Å²) in [4.78, 5) is 13.9. The van der Waals surface area contributed by atoms with Gasteiger partial charge in [0, 0.05) is 18.0 Å². The average molecular weight is 459 g/mol. The number of unbranched alkanes of at least 4 members (excludes halogenated alkanes) is 1. The minimum absolute atomic E-state index is 0.0522. The van der Waals surface area contributed by atoms with Crippen molar-refractivity contribution < 1.29 is 26.4 Å². The SMILES string of the molecule is CCN(C(=O)OCCCCCl)[C@H]1CC(C)S(=O)(=O)c2sc(S(N)(=O)=O)cc21. The molecule has 0 fully saturated rings. The van der Waals surface area contributed by atoms with Crippen molar-refractivity contribution >= 4 is 48.9 Å². The lowest BCUT2D eigenvalue weighted by Gasteiger charge is -2.35. The van der Waals surface area contributed by atoms with Crippen molar-refractivity contribution in [3.05, 3.63) is 11.6 Å². The van der Waals surface area contributed by atoms with Crippen LogP contribution in [0.2, 0.25) is 0 Å². The number of amides is 1. The molecule has 2 rings (SSSR count). The molecule has 8 nitrogen and oxygen atoms in total. The molecule has 27 heavy (non-hydrogen) atoms. The van der Waals surface area contributed by atoms with Crippen molar-refractivity contribution in [3.63, 3.8) is 0 Å². The molecule has 2 N–H and O–H groups in total. The Morgan fingerprint density at radius 3 is 2.67 bits per heavy atom. The Balaban J connectivity index is 2.39. The number of sulfone groups is 1. The highest BCUT2D eigenvalue weighted by atomic mass is 35.5. The number of carbonyl (C=O) groups is 1. The van der Waals surface area contributed by atoms with E-state index in [9.17, 15) is 21.6 Å². The summed E-state index contributed by atoms with van der Waals surface area (Å²) in [7, 11) is -7.73. The van der Waals surface area contributed by atoms with Gasteiger partial charge in [0.25, 0.3) is 0 Å². The van der Waals surface area contributed by atoms with Crippen molar-refractivity contribution in [3.8, 4) is 0 Å². The molecule has 2 heterocycles. The van der Waals surface area contributed by atoms with E-state index in [1.807, 2.05) is 0 Å². The van der Waals surface area contributed by atoms with E-state index in [1.54, 1.807) is 13.8 Å². The number of hydrogen-bond donors (Lipinski definition) is 1. The van der Waals surface area contributed by atoms with E-state index in [0.29, 0.717) is 30.1 Å². The molecule has 2 atom stereocenters. The Bertz CT molecular complexity index is 897. The quantitative estimate of drug-likeness (QED) is 0.494. The molecule has 0 spiro atoms. The van der Waals surface area contributed by atoms with E-state index < -0.39 is 37.2 Å². The zero-order valence-electron chi connectivity index (χ0n) is 15.1. The van der Waals surface area contributed by atoms with Crippen LogP contribution in [0.5, 0.6) is 0 Å². The minimum Gasteiger partial charge on any atom is -0.449 e. The van der Waals surface area contributed by atoms with E-state index in [0.717, 1.165) is 0 Å². The van der Waals surface area contributed by atoms with Crippen molar-refractivity contribution in [2.45, 2.75) is 52.8 Å². The maximum atomic E-state index is 12.6. The van der Waals surface area contributed by atoms with Gasteiger partial charge in [-0.15, -0.1) is 22.9 Å². The smallest absolute Gasteiger partial charge is 0.410 e. The first-order valence-electron chi connectivity index (χ1n) is 8.43. The molecule has 0 aliphatic carbocycles. The number of hydrogen-bond acceptors (Lipinski definition) is 7. The van der Waals surface area contributed by atoms with Gasteiger partial charge < -0.3 is 9.64 Å². The standard InChI is InChI=1S/C15H23ClN2O6S3/c1-3-18(15(19)24-7-5-4-6-16)12-8-10(2)26(20,21)14-11(12)9-13(25-14)27(17,22)23/h9-10,12H,3-8H2,1-2H3,(H2,17,22,23)/t10?,12-/m0/s1. The van der Waals surface area contributed by atoms with Crippen LogP contribution in [0.3, 0.4) is 0 Å². The van der Waals surface area contributed by atoms with Gasteiger partial charge >= 0.3 is 6.09 Å². The molecule has 1 aromatic rings. The lowest BCUT2D eigenvalue weighted by molar-refractivity contribution is 0.0840. The molecule has 0 saturated heterocycles. The number of alkyl halides is 1. The van der Waals surface area contributed by atoms with Gasteiger partial charge in [-0.05, 0) is 39.2 Å². The summed E-state index contributed by atoms with van der Waals surface area (Å²) in [5.41, 5.74) is 0.279. The highest BCUT2D eigenvalue weighted by Crippen LogP contribution is 2.45. The summed E-state index contributed by atoms with van der Waals surface area (Å²) in [5, 5.41) is 4.41. The number of ether oxygens (including phenoxy) is 1. The van der Waals surface area contributed by atoms with E-state index in [-0.39, 0.29) is 33.6 Å². The molecule has 1 amide bonds. The van der Waals surface area contributed by atoms with Crippen LogP contribution in [-0.2, 0) is 24.6 Å². The van der Waals surface area contributed by atoms with Crippen LogP contribution in [0.1, 0.15) is 44.7 Å². The fourth-order valence-electron chi connectivity index (χ4n) is 2.92. The molecule has 0 radical (unpaired) electrons. The van der Waals surface area contributed by atoms with Crippen LogP contribution in [-0.4, -0.2) is 52.1 Å². The van der Waals surface area contributed by atoms with Crippen molar-refractivity contribution in [2.75, 3.05) is 19.0 Å². The van der Waals surface area contributed by atoms with E-state index in [2.05, 4.69) is 0 Å². The molecule has 1 aliphatic rings. The van der Waals surface area contributed by atoms with Crippen LogP contribution in [0.25, 0.3) is 0 Å². The van der Waals surface area contributed by atoms with E-state index >= 15 is 0 Å². The predicted octanol–water partition coefficient (Wildman–Crippen LogP) is 2.48. The third-order valence-corrected chi connectivity index (χ3v) is 9.97. The Kier molecular flexibility index (Phi) is 7.17. The third kappa shape index (κ3) is 4.76. The van der Waals surface area contributed by atoms with Gasteiger partial charge in [0.1, 0.15) is 8.42 Å². The van der Waals surface area contributed by atoms with Crippen molar-refractivity contribution in [1.29, 1.82) is 0 Å². The predicted molar refractivity (Wildman–Crippen MR) is 103 cm³/mol. The van der Waals surface area contributed by atoms with E-state index in [1.165, 1.54) is 11.0 Å². The summed E-state index contributed by atoms with van der Waals surface area (Å²) < 4.78 is 53.7. The number of nitrogens with two attached hydrogens (primary N) is 1. The summed E-state index contributed by atoms with van der Waals surface area (Å²) in [6, 6.07) is 0.656. The molecular weight excluding hydrogens is 436 g/mol. The van der Waals surface area contributed by atoms with E-state index in [4.69, 9.17) is 21.5 Å². The first kappa shape index (κ1) is 22.4. The number of carbonyl (C=O) groups excluding carboxylic acids is 1. The Hall–Kier alpha value is -0.880. The van der Waals surface area contributed by atoms with Crippen LogP contribution < -0.4 is 5.14 Å². The third-order valence-electron chi connectivity index (χ3n) is 4.39. The Morgan fingerprint density at radius 1 is 1.44 bits per heavy atom. The molecule has 154 valence electrons. The molecule has 0 saturated carbocycles. The molecule has 0 aromatic carbocycles. The second-order valence-corrected chi connectivity index (χ2v) is 12.0. The number of nitrogens with zero attached hydrogens (tertiary/aromatic N) is 1. The number of thiophene rings is 1. The van der Waals surface area contributed by atoms with Crippen molar-refractivity contribution in [2.24, 2.45) is 5.14 Å². The topological polar surface area (TPSA) is 124 Å². The van der Waals surface area contributed by atoms with Gasteiger partial charge in [-0.2, -0.15) is 0 Å². The number of sulfonamides is 1. The van der Waals surface area contributed by atoms with Gasteiger partial charge in [0.2, 0.25) is 10.0 Å². The van der Waals surface area contributed by atoms with Crippen LogP contribution in [0.15, 0.2) is 14.5 Å². The first-order chi connectivity index (χ1) is 12.5. The van der Waals surface area contributed by atoms with Gasteiger partial charge in [-0.1, -0.05) is 0 Å². The van der Waals surface area contributed by atoms with Gasteiger partial charge in [0.05, 0.1) is 17.9 Å². The first-order valence-corrected chi connectivity index (χ1v) is 12.9. The number of rotatable bonds is 7. The number of fused-ring (bicyclic) bond motifs is 1. The second-order valence-electron chi connectivity index (χ2n) is 6.26. The molecule has 1 aromatic heterocycles. The maximum absolute atomic E-state index is 12.6. The molecular formula is C15H23ClN2O6S3. The van der Waals surface area contributed by atoms with Crippen LogP contribution >= 0.6 is 22.9 Å². The Labute approximate surface area is 168 Å². The lowest BCUT2D eigenvalue weighted by atomic mass is 10.0. The molecule has 1 unspecified atom stereocenters. The number of primary sulfonamides is 1. The number of halogens is 1. The summed E-state index contributed by atoms with van der Waals surface area (Å²) in [6.07, 6.45) is 0.923. The zero-order valence-corrected chi connectivity index (χ0v) is 18.3. The monoisotopic (exact) mass is 458 g/mol.